The Bertz CT molecular complexity index is 769. The largest absolute Gasteiger partial charge is 0.345 e. The predicted octanol–water partition coefficient (Wildman–Crippen LogP) is 6.47. The average Bonchev–Trinajstić information content (AvgIpc) is 2.56. The van der Waals surface area contributed by atoms with E-state index in [1.165, 1.54) is 17.4 Å². The van der Waals surface area contributed by atoms with Gasteiger partial charge in [-0.1, -0.05) is 42.5 Å². The fourth-order valence-electron chi connectivity index (χ4n) is 2.53. The molecular weight excluding hydrogens is 304 g/mol. The van der Waals surface area contributed by atoms with Gasteiger partial charge in [0.25, 0.3) is 0 Å². The Morgan fingerprint density at radius 3 is 2.24 bits per heavy atom. The van der Waals surface area contributed by atoms with Crippen LogP contribution in [0.1, 0.15) is 38.8 Å². The number of aryl methyl sites for hydroxylation is 1. The lowest BCUT2D eigenvalue weighted by Gasteiger charge is -2.25. The SMILES string of the molecule is C=C(C)c1ccc(N(C)C(=C)/C(C)=C/C(/C=C\C=N)=C(C)C)c(C)c1. The molecule has 2 heteroatoms. The van der Waals surface area contributed by atoms with Crippen LogP contribution in [-0.4, -0.2) is 13.3 Å². The van der Waals surface area contributed by atoms with Gasteiger partial charge in [0, 0.05) is 24.6 Å². The summed E-state index contributed by atoms with van der Waals surface area (Å²) in [6, 6.07) is 6.38. The molecule has 0 spiro atoms. The second kappa shape index (κ2) is 9.03. The normalized spacial score (nSPS) is 11.4. The molecule has 0 aliphatic carbocycles. The molecule has 1 N–H and O–H groups in total. The molecule has 0 saturated carbocycles. The number of hydrogen-bond acceptors (Lipinski definition) is 2. The van der Waals surface area contributed by atoms with E-state index in [1.54, 1.807) is 6.08 Å². The van der Waals surface area contributed by atoms with Crippen LogP contribution in [0.15, 0.2) is 72.0 Å². The molecule has 0 atom stereocenters. The van der Waals surface area contributed by atoms with E-state index >= 15 is 0 Å². The summed E-state index contributed by atoms with van der Waals surface area (Å²) in [7, 11) is 2.04. The molecule has 0 bridgehead atoms. The molecule has 0 aromatic heterocycles. The average molecular weight is 335 g/mol. The molecule has 0 fully saturated rings. The van der Waals surface area contributed by atoms with Crippen LogP contribution in [0.2, 0.25) is 0 Å². The molecule has 0 amide bonds. The highest BCUT2D eigenvalue weighted by atomic mass is 15.1. The number of nitrogens with one attached hydrogen (secondary N) is 1. The lowest BCUT2D eigenvalue weighted by Crippen LogP contribution is -2.17. The Morgan fingerprint density at radius 1 is 1.12 bits per heavy atom. The molecule has 1 aromatic carbocycles. The zero-order chi connectivity index (χ0) is 19.1. The Labute approximate surface area is 153 Å². The van der Waals surface area contributed by atoms with Crippen LogP contribution < -0.4 is 4.90 Å². The summed E-state index contributed by atoms with van der Waals surface area (Å²) >= 11 is 0. The Hall–Kier alpha value is -2.61. The first-order valence-corrected chi connectivity index (χ1v) is 8.41. The third-order valence-corrected chi connectivity index (χ3v) is 4.23. The predicted molar refractivity (Wildman–Crippen MR) is 113 cm³/mol. The van der Waals surface area contributed by atoms with E-state index in [1.807, 2.05) is 20.0 Å². The fraction of sp³-hybridized carbons (Fsp3) is 0.261. The smallest absolute Gasteiger partial charge is 0.0438 e. The highest BCUT2D eigenvalue weighted by molar-refractivity contribution is 5.70. The van der Waals surface area contributed by atoms with Crippen LogP contribution in [0.3, 0.4) is 0 Å². The van der Waals surface area contributed by atoms with Gasteiger partial charge in [-0.2, -0.15) is 0 Å². The highest BCUT2D eigenvalue weighted by Gasteiger charge is 2.10. The molecule has 0 radical (unpaired) electrons. The maximum Gasteiger partial charge on any atom is 0.0438 e. The fourth-order valence-corrected chi connectivity index (χ4v) is 2.53. The van der Waals surface area contributed by atoms with E-state index in [2.05, 4.69) is 70.0 Å². The van der Waals surface area contributed by atoms with Gasteiger partial charge in [0.15, 0.2) is 0 Å². The molecule has 0 saturated heterocycles. The molecule has 2 nitrogen and oxygen atoms in total. The van der Waals surface area contributed by atoms with Gasteiger partial charge in [0.2, 0.25) is 0 Å². The van der Waals surface area contributed by atoms with Gasteiger partial charge in [0.05, 0.1) is 0 Å². The van der Waals surface area contributed by atoms with Crippen molar-refractivity contribution in [3.63, 3.8) is 0 Å². The van der Waals surface area contributed by atoms with Crippen LogP contribution in [0.5, 0.6) is 0 Å². The van der Waals surface area contributed by atoms with Crippen molar-refractivity contribution in [2.75, 3.05) is 11.9 Å². The third kappa shape index (κ3) is 5.46. The molecule has 0 aliphatic rings. The molecular formula is C23H30N2. The standard InChI is InChI=1S/C23H30N2/c1-16(2)21(10-9-13-24)14-18(5)20(7)25(8)23-12-11-22(17(3)4)15-19(23)6/h9-15,24H,3,7H2,1-2,4-6,8H3/b10-9-,18-14+,24-13?. The molecule has 0 unspecified atom stereocenters. The number of benzene rings is 1. The molecule has 1 rings (SSSR count). The van der Waals surface area contributed by atoms with E-state index in [0.29, 0.717) is 0 Å². The number of likely N-dealkylation sites (N-methyl/N-ethyl adjacent to an activating group) is 1. The first-order valence-electron chi connectivity index (χ1n) is 8.41. The van der Waals surface area contributed by atoms with Gasteiger partial charge in [-0.15, -0.1) is 0 Å². The lowest BCUT2D eigenvalue weighted by atomic mass is 10.0. The van der Waals surface area contributed by atoms with Gasteiger partial charge in [-0.25, -0.2) is 0 Å². The summed E-state index contributed by atoms with van der Waals surface area (Å²) in [5, 5.41) is 7.17. The van der Waals surface area contributed by atoms with Crippen LogP contribution in [0, 0.1) is 12.3 Å². The van der Waals surface area contributed by atoms with Crippen molar-refractivity contribution >= 4 is 17.5 Å². The minimum Gasteiger partial charge on any atom is -0.345 e. The Balaban J connectivity index is 3.15. The van der Waals surface area contributed by atoms with Crippen molar-refractivity contribution in [2.45, 2.75) is 34.6 Å². The summed E-state index contributed by atoms with van der Waals surface area (Å²) < 4.78 is 0. The van der Waals surface area contributed by atoms with Crippen molar-refractivity contribution in [1.82, 2.24) is 0 Å². The number of rotatable bonds is 7. The van der Waals surface area contributed by atoms with Gasteiger partial charge >= 0.3 is 0 Å². The van der Waals surface area contributed by atoms with E-state index in [-0.39, 0.29) is 0 Å². The summed E-state index contributed by atoms with van der Waals surface area (Å²) in [6.45, 7) is 18.6. The van der Waals surface area contributed by atoms with Crippen molar-refractivity contribution in [3.05, 3.63) is 83.1 Å². The summed E-state index contributed by atoms with van der Waals surface area (Å²) in [5.41, 5.74) is 8.92. The second-order valence-corrected chi connectivity index (χ2v) is 6.60. The van der Waals surface area contributed by atoms with E-state index in [0.717, 1.165) is 33.7 Å². The number of allylic oxidation sites excluding steroid dienone is 7. The lowest BCUT2D eigenvalue weighted by molar-refractivity contribution is 1.09. The summed E-state index contributed by atoms with van der Waals surface area (Å²) in [5.74, 6) is 0. The topological polar surface area (TPSA) is 27.1 Å². The number of anilines is 1. The van der Waals surface area contributed by atoms with Crippen molar-refractivity contribution < 1.29 is 0 Å². The molecule has 25 heavy (non-hydrogen) atoms. The van der Waals surface area contributed by atoms with E-state index in [4.69, 9.17) is 5.41 Å². The molecule has 0 heterocycles. The Morgan fingerprint density at radius 2 is 1.76 bits per heavy atom. The van der Waals surface area contributed by atoms with Crippen molar-refractivity contribution in [1.29, 1.82) is 5.41 Å². The monoisotopic (exact) mass is 334 g/mol. The van der Waals surface area contributed by atoms with Crippen LogP contribution in [0.25, 0.3) is 5.57 Å². The van der Waals surface area contributed by atoms with Gasteiger partial charge in [0.1, 0.15) is 0 Å². The summed E-state index contributed by atoms with van der Waals surface area (Å²) in [6.07, 6.45) is 7.09. The maximum atomic E-state index is 7.17. The highest BCUT2D eigenvalue weighted by Crippen LogP contribution is 2.28. The number of nitrogens with zero attached hydrogens (tertiary/aromatic N) is 1. The van der Waals surface area contributed by atoms with Crippen LogP contribution >= 0.6 is 0 Å². The van der Waals surface area contributed by atoms with Crippen LogP contribution in [0.4, 0.5) is 5.69 Å². The zero-order valence-corrected chi connectivity index (χ0v) is 16.4. The van der Waals surface area contributed by atoms with Crippen molar-refractivity contribution in [3.8, 4) is 0 Å². The Kier molecular flexibility index (Phi) is 7.38. The second-order valence-electron chi connectivity index (χ2n) is 6.60. The van der Waals surface area contributed by atoms with E-state index in [9.17, 15) is 0 Å². The third-order valence-electron chi connectivity index (χ3n) is 4.23. The summed E-state index contributed by atoms with van der Waals surface area (Å²) in [4.78, 5) is 2.12. The van der Waals surface area contributed by atoms with Gasteiger partial charge < -0.3 is 10.3 Å². The minimum atomic E-state index is 0.952. The molecule has 132 valence electrons. The van der Waals surface area contributed by atoms with Gasteiger partial charge in [-0.05, 0) is 75.1 Å². The minimum absolute atomic E-state index is 0.952. The van der Waals surface area contributed by atoms with Crippen LogP contribution in [-0.2, 0) is 0 Å². The quantitative estimate of drug-likeness (QED) is 0.449. The first kappa shape index (κ1) is 20.4. The molecule has 0 aliphatic heterocycles. The van der Waals surface area contributed by atoms with Crippen molar-refractivity contribution in [2.24, 2.45) is 0 Å². The zero-order valence-electron chi connectivity index (χ0n) is 16.4. The maximum absolute atomic E-state index is 7.17. The molecule has 1 aromatic rings. The van der Waals surface area contributed by atoms with Gasteiger partial charge in [-0.3, -0.25) is 0 Å². The number of hydrogen-bond donors (Lipinski definition) is 1. The van der Waals surface area contributed by atoms with E-state index < -0.39 is 0 Å². The first-order chi connectivity index (χ1) is 11.7.